The molecule has 6 heteroatoms. The number of ketones is 1. The molecule has 0 spiro atoms. The molecule has 29 heavy (non-hydrogen) atoms. The van der Waals surface area contributed by atoms with Crippen LogP contribution in [-0.2, 0) is 9.59 Å². The van der Waals surface area contributed by atoms with Gasteiger partial charge < -0.3 is 10.4 Å². The van der Waals surface area contributed by atoms with Crippen LogP contribution in [0.3, 0.4) is 0 Å². The molecular weight excluding hydrogens is 409 g/mol. The van der Waals surface area contributed by atoms with E-state index in [9.17, 15) is 14.7 Å². The summed E-state index contributed by atoms with van der Waals surface area (Å²) in [4.78, 5) is 25.4. The van der Waals surface area contributed by atoms with Crippen molar-refractivity contribution in [2.75, 3.05) is 0 Å². The summed E-state index contributed by atoms with van der Waals surface area (Å²) in [6.07, 6.45) is 0.954. The molecule has 0 saturated heterocycles. The third-order valence-electron chi connectivity index (χ3n) is 5.62. The largest absolute Gasteiger partial charge is 0.478 e. The van der Waals surface area contributed by atoms with Gasteiger partial charge in [-0.3, -0.25) is 4.79 Å². The average Bonchev–Trinajstić information content (AvgIpc) is 2.69. The van der Waals surface area contributed by atoms with Gasteiger partial charge in [-0.15, -0.1) is 0 Å². The minimum atomic E-state index is -1.08. The Bertz CT molecular complexity index is 1070. The summed E-state index contributed by atoms with van der Waals surface area (Å²) in [5, 5.41) is 13.7. The maximum Gasteiger partial charge on any atom is 0.334 e. The molecule has 2 aromatic rings. The number of benzene rings is 2. The number of carboxylic acid groups (broad SMARTS) is 1. The zero-order chi connectivity index (χ0) is 20.7. The Labute approximate surface area is 178 Å². The summed E-state index contributed by atoms with van der Waals surface area (Å²) in [7, 11) is 0. The first-order valence-corrected chi connectivity index (χ1v) is 10.1. The number of rotatable bonds is 3. The second-order valence-electron chi connectivity index (χ2n) is 7.38. The van der Waals surface area contributed by atoms with E-state index in [1.54, 1.807) is 25.1 Å². The lowest BCUT2D eigenvalue weighted by Crippen LogP contribution is -2.35. The fourth-order valence-corrected chi connectivity index (χ4v) is 4.75. The fraction of sp³-hybridized carbons (Fsp3) is 0.217. The number of halogens is 2. The Balaban J connectivity index is 1.86. The van der Waals surface area contributed by atoms with Crippen molar-refractivity contribution in [3.05, 3.63) is 92.2 Å². The first kappa shape index (κ1) is 19.7. The van der Waals surface area contributed by atoms with Gasteiger partial charge in [0.15, 0.2) is 5.78 Å². The second kappa shape index (κ2) is 7.69. The average molecular weight is 428 g/mol. The van der Waals surface area contributed by atoms with Crippen molar-refractivity contribution >= 4 is 35.0 Å². The second-order valence-corrected chi connectivity index (χ2v) is 8.16. The van der Waals surface area contributed by atoms with E-state index < -0.39 is 11.9 Å². The van der Waals surface area contributed by atoms with E-state index in [1.165, 1.54) is 0 Å². The fourth-order valence-electron chi connectivity index (χ4n) is 4.34. The number of allylic oxidation sites excluding steroid dienone is 3. The van der Waals surface area contributed by atoms with Gasteiger partial charge in [-0.2, -0.15) is 0 Å². The Morgan fingerprint density at radius 1 is 1.07 bits per heavy atom. The molecule has 2 atom stereocenters. The molecule has 2 N–H and O–H groups in total. The van der Waals surface area contributed by atoms with Crippen molar-refractivity contribution in [3.63, 3.8) is 0 Å². The molecule has 0 amide bonds. The van der Waals surface area contributed by atoms with Crippen LogP contribution in [-0.4, -0.2) is 16.9 Å². The Hall–Kier alpha value is -2.56. The normalized spacial score (nSPS) is 21.7. The van der Waals surface area contributed by atoms with E-state index in [0.717, 1.165) is 11.3 Å². The van der Waals surface area contributed by atoms with E-state index in [1.807, 2.05) is 30.3 Å². The summed E-state index contributed by atoms with van der Waals surface area (Å²) in [6, 6.07) is 15.0. The summed E-state index contributed by atoms with van der Waals surface area (Å²) in [6.45, 7) is 1.72. The van der Waals surface area contributed by atoms with E-state index in [4.69, 9.17) is 23.2 Å². The lowest BCUT2D eigenvalue weighted by molar-refractivity contribution is -0.133. The molecule has 2 unspecified atom stereocenters. The van der Waals surface area contributed by atoms with Crippen LogP contribution in [0.15, 0.2) is 71.1 Å². The van der Waals surface area contributed by atoms with Crippen LogP contribution in [0.1, 0.15) is 42.7 Å². The Morgan fingerprint density at radius 3 is 2.48 bits per heavy atom. The standard InChI is InChI=1S/C23H19Cl2NO3/c1-12-19(23(28)29)20(15-8-5-9-16(24)22(15)25)21-17(26-12)10-14(11-18(21)27)13-6-3-2-4-7-13/h2-9,14,20,26H,10-11H2,1H3,(H,28,29). The molecule has 2 aliphatic rings. The molecule has 0 fully saturated rings. The first-order chi connectivity index (χ1) is 13.9. The number of nitrogens with one attached hydrogen (secondary N) is 1. The number of Topliss-reactive ketones (excluding diaryl/α,β-unsaturated/α-hetero) is 1. The predicted molar refractivity (Wildman–Crippen MR) is 113 cm³/mol. The summed E-state index contributed by atoms with van der Waals surface area (Å²) in [5.74, 6) is -1.86. The van der Waals surface area contributed by atoms with E-state index in [-0.39, 0.29) is 22.3 Å². The van der Waals surface area contributed by atoms with Crippen molar-refractivity contribution in [2.45, 2.75) is 31.6 Å². The van der Waals surface area contributed by atoms with Crippen molar-refractivity contribution in [3.8, 4) is 0 Å². The topological polar surface area (TPSA) is 66.4 Å². The van der Waals surface area contributed by atoms with Gasteiger partial charge in [-0.1, -0.05) is 65.7 Å². The first-order valence-electron chi connectivity index (χ1n) is 9.34. The van der Waals surface area contributed by atoms with E-state index in [0.29, 0.717) is 34.7 Å². The minimum Gasteiger partial charge on any atom is -0.478 e. The number of dihydropyridines is 1. The monoisotopic (exact) mass is 427 g/mol. The van der Waals surface area contributed by atoms with Crippen LogP contribution in [0.25, 0.3) is 0 Å². The van der Waals surface area contributed by atoms with Crippen LogP contribution in [0.4, 0.5) is 0 Å². The molecule has 0 radical (unpaired) electrons. The van der Waals surface area contributed by atoms with Gasteiger partial charge in [0.1, 0.15) is 0 Å². The van der Waals surface area contributed by atoms with E-state index in [2.05, 4.69) is 5.32 Å². The molecule has 148 valence electrons. The molecule has 4 nitrogen and oxygen atoms in total. The summed E-state index contributed by atoms with van der Waals surface area (Å²) < 4.78 is 0. The highest BCUT2D eigenvalue weighted by atomic mass is 35.5. The van der Waals surface area contributed by atoms with Gasteiger partial charge >= 0.3 is 5.97 Å². The van der Waals surface area contributed by atoms with Crippen LogP contribution in [0, 0.1) is 0 Å². The molecule has 4 rings (SSSR count). The quantitative estimate of drug-likeness (QED) is 0.684. The lowest BCUT2D eigenvalue weighted by atomic mass is 9.72. The van der Waals surface area contributed by atoms with Gasteiger partial charge in [0, 0.05) is 29.3 Å². The molecular formula is C23H19Cl2NO3. The lowest BCUT2D eigenvalue weighted by Gasteiger charge is -2.36. The highest BCUT2D eigenvalue weighted by molar-refractivity contribution is 6.42. The molecule has 2 aromatic carbocycles. The molecule has 1 aliphatic carbocycles. The van der Waals surface area contributed by atoms with Crippen LogP contribution in [0.5, 0.6) is 0 Å². The zero-order valence-electron chi connectivity index (χ0n) is 15.7. The van der Waals surface area contributed by atoms with Crippen molar-refractivity contribution in [2.24, 2.45) is 0 Å². The van der Waals surface area contributed by atoms with Crippen molar-refractivity contribution in [1.82, 2.24) is 5.32 Å². The van der Waals surface area contributed by atoms with Gasteiger partial charge in [0.25, 0.3) is 0 Å². The van der Waals surface area contributed by atoms with Gasteiger partial charge in [-0.25, -0.2) is 4.79 Å². The smallest absolute Gasteiger partial charge is 0.334 e. The van der Waals surface area contributed by atoms with Crippen LogP contribution in [0.2, 0.25) is 10.0 Å². The van der Waals surface area contributed by atoms with Crippen LogP contribution < -0.4 is 5.32 Å². The highest BCUT2D eigenvalue weighted by Crippen LogP contribution is 2.47. The van der Waals surface area contributed by atoms with Gasteiger partial charge in [0.2, 0.25) is 0 Å². The van der Waals surface area contributed by atoms with Crippen molar-refractivity contribution < 1.29 is 14.7 Å². The third-order valence-corrected chi connectivity index (χ3v) is 6.45. The molecule has 1 aliphatic heterocycles. The molecule has 0 bridgehead atoms. The zero-order valence-corrected chi connectivity index (χ0v) is 17.2. The van der Waals surface area contributed by atoms with E-state index >= 15 is 0 Å². The Kier molecular flexibility index (Phi) is 5.24. The number of hydrogen-bond donors (Lipinski definition) is 2. The number of carbonyl (C=O) groups is 2. The summed E-state index contributed by atoms with van der Waals surface area (Å²) >= 11 is 12.6. The van der Waals surface area contributed by atoms with Gasteiger partial charge in [-0.05, 0) is 36.5 Å². The maximum absolute atomic E-state index is 13.3. The molecule has 0 saturated carbocycles. The number of carbonyl (C=O) groups excluding carboxylic acids is 1. The number of aliphatic carboxylic acids is 1. The minimum absolute atomic E-state index is 0.0459. The molecule has 1 heterocycles. The SMILES string of the molecule is CC1=C(C(=O)O)C(c2cccc(Cl)c2Cl)C2=C(CC(c3ccccc3)CC2=O)N1. The van der Waals surface area contributed by atoms with Gasteiger partial charge in [0.05, 0.1) is 15.6 Å². The maximum atomic E-state index is 13.3. The summed E-state index contributed by atoms with van der Waals surface area (Å²) in [5.41, 5.74) is 3.51. The predicted octanol–water partition coefficient (Wildman–Crippen LogP) is 5.44. The van der Waals surface area contributed by atoms with Crippen molar-refractivity contribution in [1.29, 1.82) is 0 Å². The third kappa shape index (κ3) is 3.47. The number of carboxylic acids is 1. The van der Waals surface area contributed by atoms with Crippen LogP contribution >= 0.6 is 23.2 Å². The molecule has 0 aromatic heterocycles. The highest BCUT2D eigenvalue weighted by Gasteiger charge is 2.41. The Morgan fingerprint density at radius 2 is 1.79 bits per heavy atom. The number of hydrogen-bond acceptors (Lipinski definition) is 3.